The zero-order valence-electron chi connectivity index (χ0n) is 16.0. The number of hydrogen-bond acceptors (Lipinski definition) is 5. The SMILES string of the molecule is CN(C)c1cccc(C(=O)N2CCC3(CC2)N=C(c2ccc(Br)cc2)NO3)c1. The molecule has 2 heterocycles. The average Bonchev–Trinajstić information content (AvgIpc) is 3.12. The van der Waals surface area contributed by atoms with Gasteiger partial charge in [0.15, 0.2) is 11.6 Å². The van der Waals surface area contributed by atoms with Crippen LogP contribution in [0.5, 0.6) is 0 Å². The lowest BCUT2D eigenvalue weighted by molar-refractivity contribution is -0.0849. The highest BCUT2D eigenvalue weighted by Crippen LogP contribution is 2.32. The van der Waals surface area contributed by atoms with Gasteiger partial charge in [0, 0.05) is 61.3 Å². The van der Waals surface area contributed by atoms with E-state index in [1.54, 1.807) is 0 Å². The van der Waals surface area contributed by atoms with Crippen molar-refractivity contribution >= 4 is 33.4 Å². The Morgan fingerprint density at radius 3 is 2.57 bits per heavy atom. The first-order valence-electron chi connectivity index (χ1n) is 9.32. The van der Waals surface area contributed by atoms with Crippen molar-refractivity contribution in [1.82, 2.24) is 10.4 Å². The maximum Gasteiger partial charge on any atom is 0.253 e. The first kappa shape index (κ1) is 19.0. The summed E-state index contributed by atoms with van der Waals surface area (Å²) < 4.78 is 1.02. The van der Waals surface area contributed by atoms with E-state index in [-0.39, 0.29) is 5.91 Å². The number of aliphatic imine (C=N–C) groups is 1. The zero-order chi connectivity index (χ0) is 19.7. The predicted molar refractivity (Wildman–Crippen MR) is 114 cm³/mol. The van der Waals surface area contributed by atoms with Crippen molar-refractivity contribution in [3.05, 3.63) is 64.1 Å². The third-order valence-electron chi connectivity index (χ3n) is 5.21. The summed E-state index contributed by atoms with van der Waals surface area (Å²) in [5.41, 5.74) is 5.10. The van der Waals surface area contributed by atoms with Gasteiger partial charge >= 0.3 is 0 Å². The number of amidine groups is 1. The number of halogens is 1. The van der Waals surface area contributed by atoms with Crippen LogP contribution in [0, 0.1) is 0 Å². The Labute approximate surface area is 173 Å². The third kappa shape index (κ3) is 3.77. The van der Waals surface area contributed by atoms with E-state index < -0.39 is 5.72 Å². The number of hydrogen-bond donors (Lipinski definition) is 1. The van der Waals surface area contributed by atoms with Crippen LogP contribution in [-0.4, -0.2) is 49.6 Å². The minimum absolute atomic E-state index is 0.0571. The van der Waals surface area contributed by atoms with Crippen molar-refractivity contribution in [1.29, 1.82) is 0 Å². The van der Waals surface area contributed by atoms with Crippen molar-refractivity contribution in [2.75, 3.05) is 32.1 Å². The largest absolute Gasteiger partial charge is 0.378 e. The summed E-state index contributed by atoms with van der Waals surface area (Å²) in [7, 11) is 3.94. The molecule has 4 rings (SSSR count). The molecule has 1 N–H and O–H groups in total. The summed E-state index contributed by atoms with van der Waals surface area (Å²) in [5.74, 6) is 0.799. The molecule has 0 radical (unpaired) electrons. The van der Waals surface area contributed by atoms with E-state index in [1.807, 2.05) is 72.4 Å². The highest BCUT2D eigenvalue weighted by Gasteiger charge is 2.41. The van der Waals surface area contributed by atoms with Crippen LogP contribution < -0.4 is 10.4 Å². The molecule has 1 saturated heterocycles. The van der Waals surface area contributed by atoms with E-state index in [2.05, 4.69) is 21.4 Å². The quantitative estimate of drug-likeness (QED) is 0.790. The molecule has 0 aromatic heterocycles. The fourth-order valence-corrected chi connectivity index (χ4v) is 3.76. The summed E-state index contributed by atoms with van der Waals surface area (Å²) >= 11 is 3.44. The maximum atomic E-state index is 12.9. The van der Waals surface area contributed by atoms with Gasteiger partial charge in [-0.15, -0.1) is 0 Å². The Balaban J connectivity index is 1.44. The lowest BCUT2D eigenvalue weighted by atomic mass is 10.00. The maximum absolute atomic E-state index is 12.9. The Bertz CT molecular complexity index is 903. The number of anilines is 1. The molecule has 1 fully saturated rings. The second-order valence-electron chi connectivity index (χ2n) is 7.35. The fraction of sp³-hybridized carbons (Fsp3) is 0.333. The summed E-state index contributed by atoms with van der Waals surface area (Å²) in [4.78, 5) is 27.4. The summed E-state index contributed by atoms with van der Waals surface area (Å²) in [6.07, 6.45) is 1.33. The van der Waals surface area contributed by atoms with Crippen molar-refractivity contribution in [2.24, 2.45) is 4.99 Å². The number of rotatable bonds is 3. The van der Waals surface area contributed by atoms with Gasteiger partial charge in [-0.3, -0.25) is 4.79 Å². The molecule has 7 heteroatoms. The molecular formula is C21H23BrN4O2. The van der Waals surface area contributed by atoms with E-state index in [9.17, 15) is 4.79 Å². The van der Waals surface area contributed by atoms with Gasteiger partial charge < -0.3 is 9.80 Å². The van der Waals surface area contributed by atoms with E-state index in [0.717, 1.165) is 21.6 Å². The molecule has 2 aliphatic rings. The molecule has 1 amide bonds. The molecular weight excluding hydrogens is 420 g/mol. The van der Waals surface area contributed by atoms with Gasteiger partial charge in [0.05, 0.1) is 0 Å². The lowest BCUT2D eigenvalue weighted by Gasteiger charge is -2.35. The molecule has 6 nitrogen and oxygen atoms in total. The number of hydroxylamine groups is 1. The van der Waals surface area contributed by atoms with Crippen LogP contribution in [0.15, 0.2) is 58.0 Å². The van der Waals surface area contributed by atoms with E-state index in [4.69, 9.17) is 9.83 Å². The third-order valence-corrected chi connectivity index (χ3v) is 5.74. The molecule has 2 aromatic carbocycles. The number of nitrogens with zero attached hydrogens (tertiary/aromatic N) is 3. The summed E-state index contributed by atoms with van der Waals surface area (Å²) in [5, 5.41) is 0. The second kappa shape index (κ2) is 7.56. The molecule has 28 heavy (non-hydrogen) atoms. The van der Waals surface area contributed by atoms with E-state index >= 15 is 0 Å². The molecule has 0 atom stereocenters. The number of amides is 1. The topological polar surface area (TPSA) is 57.2 Å². The van der Waals surface area contributed by atoms with Gasteiger partial charge in [0.1, 0.15) is 0 Å². The van der Waals surface area contributed by atoms with Crippen molar-refractivity contribution in [2.45, 2.75) is 18.6 Å². The first-order valence-corrected chi connectivity index (χ1v) is 10.1. The number of piperidine rings is 1. The first-order chi connectivity index (χ1) is 13.5. The molecule has 146 valence electrons. The van der Waals surface area contributed by atoms with Gasteiger partial charge in [-0.05, 0) is 30.3 Å². The zero-order valence-corrected chi connectivity index (χ0v) is 17.6. The molecule has 0 unspecified atom stereocenters. The fourth-order valence-electron chi connectivity index (χ4n) is 3.50. The van der Waals surface area contributed by atoms with Crippen LogP contribution >= 0.6 is 15.9 Å². The van der Waals surface area contributed by atoms with Crippen molar-refractivity contribution < 1.29 is 9.63 Å². The van der Waals surface area contributed by atoms with Gasteiger partial charge in [-0.2, -0.15) is 0 Å². The van der Waals surface area contributed by atoms with Gasteiger partial charge in [-0.1, -0.05) is 34.1 Å². The van der Waals surface area contributed by atoms with Crippen LogP contribution in [-0.2, 0) is 4.84 Å². The predicted octanol–water partition coefficient (Wildman–Crippen LogP) is 3.43. The minimum atomic E-state index is -0.593. The van der Waals surface area contributed by atoms with Crippen molar-refractivity contribution in [3.63, 3.8) is 0 Å². The highest BCUT2D eigenvalue weighted by molar-refractivity contribution is 9.10. The number of nitrogens with one attached hydrogen (secondary N) is 1. The van der Waals surface area contributed by atoms with Crippen LogP contribution in [0.1, 0.15) is 28.8 Å². The average molecular weight is 443 g/mol. The Kier molecular flexibility index (Phi) is 5.12. The van der Waals surface area contributed by atoms with Crippen LogP contribution in [0.25, 0.3) is 0 Å². The van der Waals surface area contributed by atoms with E-state index in [1.165, 1.54) is 0 Å². The molecule has 2 aliphatic heterocycles. The van der Waals surface area contributed by atoms with Gasteiger partial charge in [0.25, 0.3) is 5.91 Å². The molecule has 1 spiro atoms. The smallest absolute Gasteiger partial charge is 0.253 e. The lowest BCUT2D eigenvalue weighted by Crippen LogP contribution is -2.46. The number of carbonyl (C=O) groups is 1. The number of carbonyl (C=O) groups excluding carboxylic acids is 1. The normalized spacial score (nSPS) is 18.0. The molecule has 0 bridgehead atoms. The van der Waals surface area contributed by atoms with Gasteiger partial charge in [-0.25, -0.2) is 15.3 Å². The van der Waals surface area contributed by atoms with E-state index in [0.29, 0.717) is 31.5 Å². The van der Waals surface area contributed by atoms with Crippen LogP contribution in [0.2, 0.25) is 0 Å². The monoisotopic (exact) mass is 442 g/mol. The minimum Gasteiger partial charge on any atom is -0.378 e. The number of benzene rings is 2. The molecule has 0 saturated carbocycles. The van der Waals surface area contributed by atoms with Crippen molar-refractivity contribution in [3.8, 4) is 0 Å². The Morgan fingerprint density at radius 1 is 1.18 bits per heavy atom. The standard InChI is InChI=1S/C21H23BrN4O2/c1-25(2)18-5-3-4-16(14-18)20(27)26-12-10-21(11-13-26)23-19(24-28-21)15-6-8-17(22)9-7-15/h3-9,14H,10-13H2,1-2H3,(H,23,24). The highest BCUT2D eigenvalue weighted by atomic mass is 79.9. The second-order valence-corrected chi connectivity index (χ2v) is 8.27. The summed E-state index contributed by atoms with van der Waals surface area (Å²) in [6, 6.07) is 15.7. The number of likely N-dealkylation sites (tertiary alicyclic amines) is 1. The summed E-state index contributed by atoms with van der Waals surface area (Å²) in [6.45, 7) is 1.23. The Hall–Kier alpha value is -2.38. The van der Waals surface area contributed by atoms with Crippen LogP contribution in [0.4, 0.5) is 5.69 Å². The van der Waals surface area contributed by atoms with Gasteiger partial charge in [0.2, 0.25) is 0 Å². The molecule has 0 aliphatic carbocycles. The van der Waals surface area contributed by atoms with Crippen LogP contribution in [0.3, 0.4) is 0 Å². The Morgan fingerprint density at radius 2 is 1.89 bits per heavy atom. The molecule has 2 aromatic rings.